The first-order valence-corrected chi connectivity index (χ1v) is 7.95. The molecule has 1 saturated heterocycles. The minimum Gasteiger partial charge on any atom is -0.481 e. The van der Waals surface area contributed by atoms with Crippen molar-refractivity contribution in [1.82, 2.24) is 4.90 Å². The third-order valence-electron chi connectivity index (χ3n) is 3.31. The Morgan fingerprint density at radius 1 is 1.24 bits per heavy atom. The highest BCUT2D eigenvalue weighted by atomic mass is 32.2. The van der Waals surface area contributed by atoms with Gasteiger partial charge in [-0.1, -0.05) is 18.2 Å². The highest BCUT2D eigenvalue weighted by molar-refractivity contribution is 7.94. The topological polar surface area (TPSA) is 91.8 Å². The molecule has 1 N–H and O–H groups in total. The lowest BCUT2D eigenvalue weighted by Crippen LogP contribution is -2.28. The highest BCUT2D eigenvalue weighted by Crippen LogP contribution is 2.17. The van der Waals surface area contributed by atoms with E-state index in [1.807, 2.05) is 0 Å². The van der Waals surface area contributed by atoms with Crippen molar-refractivity contribution in [3.05, 3.63) is 41.8 Å². The van der Waals surface area contributed by atoms with Crippen molar-refractivity contribution in [1.29, 1.82) is 0 Å². The molecule has 0 radical (unpaired) electrons. The molecule has 1 fully saturated rings. The Hall–Kier alpha value is -2.15. The zero-order valence-corrected chi connectivity index (χ0v) is 12.0. The minimum atomic E-state index is -3.66. The number of carboxylic acid groups (broad SMARTS) is 1. The molecule has 0 aliphatic carbocycles. The van der Waals surface area contributed by atoms with Gasteiger partial charge in [0.25, 0.3) is 0 Å². The number of carbonyl (C=O) groups excluding carboxylic acids is 1. The van der Waals surface area contributed by atoms with Crippen LogP contribution < -0.4 is 0 Å². The van der Waals surface area contributed by atoms with Crippen molar-refractivity contribution in [3.8, 4) is 0 Å². The van der Waals surface area contributed by atoms with Gasteiger partial charge in [-0.15, -0.1) is 0 Å². The Morgan fingerprint density at radius 2 is 1.90 bits per heavy atom. The van der Waals surface area contributed by atoms with Crippen molar-refractivity contribution in [2.45, 2.75) is 11.3 Å². The molecule has 7 heteroatoms. The summed E-state index contributed by atoms with van der Waals surface area (Å²) in [6.45, 7) is 0.440. The van der Waals surface area contributed by atoms with Crippen LogP contribution in [0.25, 0.3) is 0 Å². The van der Waals surface area contributed by atoms with Gasteiger partial charge in [0.1, 0.15) is 0 Å². The number of likely N-dealkylation sites (tertiary alicyclic amines) is 1. The van der Waals surface area contributed by atoms with Crippen LogP contribution >= 0.6 is 0 Å². The van der Waals surface area contributed by atoms with E-state index in [1.54, 1.807) is 18.2 Å². The second kappa shape index (κ2) is 6.09. The first-order valence-electron chi connectivity index (χ1n) is 6.40. The molecule has 112 valence electrons. The number of nitrogens with zero attached hydrogens (tertiary/aromatic N) is 1. The van der Waals surface area contributed by atoms with E-state index in [-0.39, 0.29) is 11.4 Å². The molecule has 1 atom stereocenters. The molecule has 0 bridgehead atoms. The number of amides is 1. The minimum absolute atomic E-state index is 0.110. The first-order chi connectivity index (χ1) is 9.90. The predicted octanol–water partition coefficient (Wildman–Crippen LogP) is 0.907. The van der Waals surface area contributed by atoms with Crippen LogP contribution in [0.15, 0.2) is 46.7 Å². The van der Waals surface area contributed by atoms with Crippen molar-refractivity contribution in [3.63, 3.8) is 0 Å². The summed E-state index contributed by atoms with van der Waals surface area (Å²) >= 11 is 0. The van der Waals surface area contributed by atoms with E-state index in [1.165, 1.54) is 17.0 Å². The van der Waals surface area contributed by atoms with Gasteiger partial charge in [-0.2, -0.15) is 0 Å². The lowest BCUT2D eigenvalue weighted by atomic mass is 10.1. The molecular formula is C14H15NO5S. The Kier molecular flexibility index (Phi) is 4.42. The molecule has 1 aromatic rings. The standard InChI is InChI=1S/C14H15NO5S/c16-13(15-8-6-11(10-15)14(17)18)7-9-21(19,20)12-4-2-1-3-5-12/h1-5,7,9,11H,6,8,10H2,(H,17,18). The fraction of sp³-hybridized carbons (Fsp3) is 0.286. The van der Waals surface area contributed by atoms with Gasteiger partial charge in [0.05, 0.1) is 10.8 Å². The average Bonchev–Trinajstić information content (AvgIpc) is 2.96. The number of carbonyl (C=O) groups is 2. The van der Waals surface area contributed by atoms with Crippen LogP contribution in [0.4, 0.5) is 0 Å². The average molecular weight is 309 g/mol. The van der Waals surface area contributed by atoms with Gasteiger partial charge in [-0.25, -0.2) is 8.42 Å². The zero-order valence-electron chi connectivity index (χ0n) is 11.2. The van der Waals surface area contributed by atoms with Crippen molar-refractivity contribution in [2.75, 3.05) is 13.1 Å². The quantitative estimate of drug-likeness (QED) is 0.835. The van der Waals surface area contributed by atoms with E-state index >= 15 is 0 Å². The molecule has 0 aromatic heterocycles. The van der Waals surface area contributed by atoms with Gasteiger partial charge in [-0.3, -0.25) is 9.59 Å². The number of hydrogen-bond donors (Lipinski definition) is 1. The molecule has 2 rings (SSSR count). The number of benzene rings is 1. The maximum absolute atomic E-state index is 12.0. The van der Waals surface area contributed by atoms with E-state index in [9.17, 15) is 18.0 Å². The molecule has 0 spiro atoms. The summed E-state index contributed by atoms with van der Waals surface area (Å²) in [5, 5.41) is 9.73. The normalized spacial score (nSPS) is 19.0. The summed E-state index contributed by atoms with van der Waals surface area (Å²) in [5.74, 6) is -2.00. The highest BCUT2D eigenvalue weighted by Gasteiger charge is 2.30. The molecule has 6 nitrogen and oxygen atoms in total. The molecule has 1 aliphatic rings. The van der Waals surface area contributed by atoms with Gasteiger partial charge in [0.15, 0.2) is 9.84 Å². The first kappa shape index (κ1) is 15.2. The number of aliphatic carboxylic acids is 1. The lowest BCUT2D eigenvalue weighted by molar-refractivity contribution is -0.141. The van der Waals surface area contributed by atoms with Crippen LogP contribution in [-0.4, -0.2) is 43.4 Å². The predicted molar refractivity (Wildman–Crippen MR) is 75.1 cm³/mol. The molecule has 1 heterocycles. The van der Waals surface area contributed by atoms with Gasteiger partial charge in [0, 0.05) is 24.6 Å². The maximum atomic E-state index is 12.0. The molecular weight excluding hydrogens is 294 g/mol. The molecule has 1 unspecified atom stereocenters. The molecule has 1 amide bonds. The number of carboxylic acids is 1. The second-order valence-corrected chi connectivity index (χ2v) is 6.60. The number of sulfone groups is 1. The Labute approximate surface area is 122 Å². The third kappa shape index (κ3) is 3.69. The van der Waals surface area contributed by atoms with Crippen molar-refractivity contribution >= 4 is 21.7 Å². The van der Waals surface area contributed by atoms with Crippen molar-refractivity contribution in [2.24, 2.45) is 5.92 Å². The number of hydrogen-bond acceptors (Lipinski definition) is 4. The van der Waals surface area contributed by atoms with Gasteiger partial charge in [0.2, 0.25) is 5.91 Å². The summed E-state index contributed by atoms with van der Waals surface area (Å²) in [7, 11) is -3.66. The van der Waals surface area contributed by atoms with Crippen LogP contribution in [0.3, 0.4) is 0 Å². The van der Waals surface area contributed by atoms with Crippen LogP contribution in [-0.2, 0) is 19.4 Å². The fourth-order valence-electron chi connectivity index (χ4n) is 2.10. The summed E-state index contributed by atoms with van der Waals surface area (Å²) in [4.78, 5) is 24.1. The summed E-state index contributed by atoms with van der Waals surface area (Å²) in [6.07, 6.45) is 1.37. The summed E-state index contributed by atoms with van der Waals surface area (Å²) in [5.41, 5.74) is 0. The van der Waals surface area contributed by atoms with E-state index in [4.69, 9.17) is 5.11 Å². The van der Waals surface area contributed by atoms with Crippen LogP contribution in [0.2, 0.25) is 0 Å². The van der Waals surface area contributed by atoms with E-state index in [2.05, 4.69) is 0 Å². The number of rotatable bonds is 4. The van der Waals surface area contributed by atoms with Crippen LogP contribution in [0.5, 0.6) is 0 Å². The Morgan fingerprint density at radius 3 is 2.48 bits per heavy atom. The zero-order chi connectivity index (χ0) is 15.5. The second-order valence-electron chi connectivity index (χ2n) is 4.77. The summed E-state index contributed by atoms with van der Waals surface area (Å²) < 4.78 is 23.9. The van der Waals surface area contributed by atoms with E-state index < -0.39 is 27.6 Å². The van der Waals surface area contributed by atoms with Crippen molar-refractivity contribution < 1.29 is 23.1 Å². The van der Waals surface area contributed by atoms with Crippen LogP contribution in [0.1, 0.15) is 6.42 Å². The molecule has 0 saturated carbocycles. The Balaban J connectivity index is 2.05. The molecule has 1 aliphatic heterocycles. The SMILES string of the molecule is O=C(O)C1CCN(C(=O)C=CS(=O)(=O)c2ccccc2)C1. The molecule has 1 aromatic carbocycles. The van der Waals surface area contributed by atoms with E-state index in [0.29, 0.717) is 13.0 Å². The third-order valence-corrected chi connectivity index (χ3v) is 4.73. The van der Waals surface area contributed by atoms with E-state index in [0.717, 1.165) is 11.5 Å². The van der Waals surface area contributed by atoms with Crippen LogP contribution in [0, 0.1) is 5.92 Å². The monoisotopic (exact) mass is 309 g/mol. The van der Waals surface area contributed by atoms with Gasteiger partial charge in [-0.05, 0) is 18.6 Å². The maximum Gasteiger partial charge on any atom is 0.308 e. The fourth-order valence-corrected chi connectivity index (χ4v) is 3.09. The van der Waals surface area contributed by atoms with Gasteiger partial charge >= 0.3 is 5.97 Å². The lowest BCUT2D eigenvalue weighted by Gasteiger charge is -2.12. The Bertz CT molecular complexity index is 666. The summed E-state index contributed by atoms with van der Waals surface area (Å²) in [6, 6.07) is 7.78. The largest absolute Gasteiger partial charge is 0.481 e. The smallest absolute Gasteiger partial charge is 0.308 e. The molecule has 21 heavy (non-hydrogen) atoms. The van der Waals surface area contributed by atoms with Gasteiger partial charge < -0.3 is 10.0 Å².